The van der Waals surface area contributed by atoms with E-state index in [1.807, 2.05) is 24.3 Å². The third-order valence-electron chi connectivity index (χ3n) is 5.26. The molecule has 2 aromatic heterocycles. The van der Waals surface area contributed by atoms with Crippen molar-refractivity contribution < 1.29 is 17.9 Å². The number of nitrogens with zero attached hydrogens (tertiary/aromatic N) is 4. The van der Waals surface area contributed by atoms with Crippen molar-refractivity contribution >= 4 is 16.0 Å². The molecule has 0 bridgehead atoms. The zero-order valence-electron chi connectivity index (χ0n) is 18.8. The number of sulfonamides is 1. The minimum absolute atomic E-state index is 0.0129. The normalized spacial score (nSPS) is 12.5. The lowest BCUT2D eigenvalue weighted by atomic mass is 10.1. The molecule has 9 heteroatoms. The summed E-state index contributed by atoms with van der Waals surface area (Å²) < 4.78 is 33.4. The van der Waals surface area contributed by atoms with Crippen LogP contribution in [0.5, 0.6) is 0 Å². The number of aromatic nitrogens is 3. The summed E-state index contributed by atoms with van der Waals surface area (Å²) in [4.78, 5) is 25.1. The highest BCUT2D eigenvalue weighted by Crippen LogP contribution is 2.25. The average Bonchev–Trinajstić information content (AvgIpc) is 2.86. The van der Waals surface area contributed by atoms with Crippen LogP contribution in [0.25, 0.3) is 11.4 Å². The number of hydrogen-bond donors (Lipinski definition) is 0. The van der Waals surface area contributed by atoms with E-state index in [9.17, 15) is 13.2 Å². The summed E-state index contributed by atoms with van der Waals surface area (Å²) in [6.45, 7) is 2.06. The zero-order valence-corrected chi connectivity index (χ0v) is 19.6. The second-order valence-electron chi connectivity index (χ2n) is 7.54. The van der Waals surface area contributed by atoms with Crippen molar-refractivity contribution in [3.8, 4) is 11.4 Å². The van der Waals surface area contributed by atoms with E-state index in [-0.39, 0.29) is 11.4 Å². The van der Waals surface area contributed by atoms with Crippen molar-refractivity contribution in [2.75, 3.05) is 7.11 Å². The molecule has 3 rings (SSSR count). The van der Waals surface area contributed by atoms with Crippen LogP contribution in [0.3, 0.4) is 0 Å². The van der Waals surface area contributed by atoms with Crippen molar-refractivity contribution in [1.29, 1.82) is 0 Å². The number of hydrogen-bond acceptors (Lipinski definition) is 7. The molecule has 0 aliphatic heterocycles. The lowest BCUT2D eigenvalue weighted by Gasteiger charge is -2.29. The number of benzene rings is 1. The van der Waals surface area contributed by atoms with Gasteiger partial charge in [0.05, 0.1) is 7.11 Å². The highest BCUT2D eigenvalue weighted by atomic mass is 32.2. The SMILES string of the molecule is CCCCCC(C(=O)OC)N(Cc1ccc(-c2ncccn2)cc1)S(=O)(=O)c1cccnc1. The third kappa shape index (κ3) is 6.21. The molecule has 0 aliphatic carbocycles. The molecular formula is C24H28N4O4S. The Labute approximate surface area is 194 Å². The van der Waals surface area contributed by atoms with Crippen LogP contribution in [-0.2, 0) is 26.1 Å². The molecule has 0 radical (unpaired) electrons. The monoisotopic (exact) mass is 468 g/mol. The number of unbranched alkanes of at least 4 members (excludes halogenated alkanes) is 2. The standard InChI is InChI=1S/C24H28N4O4S/c1-3-4-5-9-22(24(29)32-2)28(33(30,31)21-8-6-14-25-17-21)18-19-10-12-20(13-11-19)23-26-15-7-16-27-23/h6-8,10-17,22H,3-5,9,18H2,1-2H3. The molecule has 0 aliphatic rings. The molecule has 1 unspecified atom stereocenters. The Morgan fingerprint density at radius 2 is 1.76 bits per heavy atom. The second-order valence-corrected chi connectivity index (χ2v) is 9.43. The predicted molar refractivity (Wildman–Crippen MR) is 124 cm³/mol. The fraction of sp³-hybridized carbons (Fsp3) is 0.333. The van der Waals surface area contributed by atoms with Crippen LogP contribution in [0, 0.1) is 0 Å². The number of pyridine rings is 1. The minimum Gasteiger partial charge on any atom is -0.468 e. The molecule has 0 saturated heterocycles. The first-order chi connectivity index (χ1) is 16.0. The summed E-state index contributed by atoms with van der Waals surface area (Å²) in [7, 11) is -2.73. The quantitative estimate of drug-likeness (QED) is 0.311. The predicted octanol–water partition coefficient (Wildman–Crippen LogP) is 3.85. The molecule has 33 heavy (non-hydrogen) atoms. The summed E-state index contributed by atoms with van der Waals surface area (Å²) in [6, 6.07) is 11.1. The maximum absolute atomic E-state index is 13.6. The number of esters is 1. The first-order valence-corrected chi connectivity index (χ1v) is 12.3. The van der Waals surface area contributed by atoms with Crippen LogP contribution in [0.15, 0.2) is 72.1 Å². The molecule has 1 aromatic carbocycles. The van der Waals surface area contributed by atoms with Gasteiger partial charge in [0.25, 0.3) is 0 Å². The Morgan fingerprint density at radius 1 is 1.03 bits per heavy atom. The van der Waals surface area contributed by atoms with E-state index in [1.165, 1.54) is 29.9 Å². The van der Waals surface area contributed by atoms with E-state index in [4.69, 9.17) is 4.74 Å². The van der Waals surface area contributed by atoms with Crippen molar-refractivity contribution in [1.82, 2.24) is 19.3 Å². The van der Waals surface area contributed by atoms with Gasteiger partial charge in [-0.25, -0.2) is 18.4 Å². The van der Waals surface area contributed by atoms with E-state index in [1.54, 1.807) is 24.5 Å². The van der Waals surface area contributed by atoms with Crippen LogP contribution in [0.2, 0.25) is 0 Å². The maximum atomic E-state index is 13.6. The van der Waals surface area contributed by atoms with E-state index in [0.29, 0.717) is 18.7 Å². The lowest BCUT2D eigenvalue weighted by molar-refractivity contribution is -0.145. The molecule has 0 saturated carbocycles. The first kappa shape index (κ1) is 24.5. The van der Waals surface area contributed by atoms with Crippen molar-refractivity contribution in [3.63, 3.8) is 0 Å². The summed E-state index contributed by atoms with van der Waals surface area (Å²) in [5.41, 5.74) is 1.54. The van der Waals surface area contributed by atoms with Crippen molar-refractivity contribution in [3.05, 3.63) is 72.8 Å². The third-order valence-corrected chi connectivity index (χ3v) is 7.10. The molecular weight excluding hydrogens is 440 g/mol. The number of carbonyl (C=O) groups is 1. The van der Waals surface area contributed by atoms with Gasteiger partial charge in [0, 0.05) is 36.9 Å². The van der Waals surface area contributed by atoms with E-state index in [0.717, 1.165) is 24.0 Å². The molecule has 8 nitrogen and oxygen atoms in total. The van der Waals surface area contributed by atoms with E-state index >= 15 is 0 Å². The Bertz CT molecular complexity index is 1120. The second kappa shape index (κ2) is 11.6. The minimum atomic E-state index is -4.01. The van der Waals surface area contributed by atoms with Gasteiger partial charge < -0.3 is 4.74 Å². The summed E-state index contributed by atoms with van der Waals surface area (Å²) in [5.74, 6) is 0.00349. The van der Waals surface area contributed by atoms with E-state index in [2.05, 4.69) is 21.9 Å². The highest BCUT2D eigenvalue weighted by Gasteiger charge is 2.36. The molecule has 0 N–H and O–H groups in total. The van der Waals surface area contributed by atoms with Crippen molar-refractivity contribution in [2.24, 2.45) is 0 Å². The number of rotatable bonds is 11. The van der Waals surface area contributed by atoms with Crippen LogP contribution in [0.4, 0.5) is 0 Å². The fourth-order valence-corrected chi connectivity index (χ4v) is 5.05. The molecule has 1 atom stereocenters. The Hall–Kier alpha value is -3.17. The van der Waals surface area contributed by atoms with Gasteiger partial charge in [0.2, 0.25) is 10.0 Å². The number of methoxy groups -OCH3 is 1. The maximum Gasteiger partial charge on any atom is 0.324 e. The highest BCUT2D eigenvalue weighted by molar-refractivity contribution is 7.89. The van der Waals surface area contributed by atoms with Gasteiger partial charge in [-0.3, -0.25) is 9.78 Å². The van der Waals surface area contributed by atoms with Crippen LogP contribution in [-0.4, -0.2) is 46.8 Å². The molecule has 2 heterocycles. The molecule has 0 fully saturated rings. The van der Waals surface area contributed by atoms with Gasteiger partial charge in [-0.15, -0.1) is 0 Å². The Balaban J connectivity index is 1.96. The van der Waals surface area contributed by atoms with Gasteiger partial charge in [-0.2, -0.15) is 4.31 Å². The van der Waals surface area contributed by atoms with Gasteiger partial charge in [0.15, 0.2) is 5.82 Å². The van der Waals surface area contributed by atoms with Gasteiger partial charge in [-0.1, -0.05) is 50.5 Å². The van der Waals surface area contributed by atoms with E-state index < -0.39 is 22.0 Å². The fourth-order valence-electron chi connectivity index (χ4n) is 3.49. The lowest BCUT2D eigenvalue weighted by Crippen LogP contribution is -2.45. The molecule has 3 aromatic rings. The van der Waals surface area contributed by atoms with Crippen molar-refractivity contribution in [2.45, 2.75) is 50.1 Å². The molecule has 0 spiro atoms. The Kier molecular flexibility index (Phi) is 8.62. The average molecular weight is 469 g/mol. The molecule has 174 valence electrons. The topological polar surface area (TPSA) is 102 Å². The summed E-state index contributed by atoms with van der Waals surface area (Å²) >= 11 is 0. The number of carbonyl (C=O) groups excluding carboxylic acids is 1. The first-order valence-electron chi connectivity index (χ1n) is 10.8. The smallest absolute Gasteiger partial charge is 0.324 e. The van der Waals surface area contributed by atoms with Gasteiger partial charge >= 0.3 is 5.97 Å². The zero-order chi connectivity index (χ0) is 23.7. The largest absolute Gasteiger partial charge is 0.468 e. The van der Waals surface area contributed by atoms with Crippen LogP contribution < -0.4 is 0 Å². The van der Waals surface area contributed by atoms with Gasteiger partial charge in [0.1, 0.15) is 10.9 Å². The van der Waals surface area contributed by atoms with Gasteiger partial charge in [-0.05, 0) is 30.2 Å². The summed E-state index contributed by atoms with van der Waals surface area (Å²) in [5, 5.41) is 0. The Morgan fingerprint density at radius 3 is 2.36 bits per heavy atom. The summed E-state index contributed by atoms with van der Waals surface area (Å²) in [6.07, 6.45) is 9.04. The van der Waals surface area contributed by atoms with Crippen LogP contribution in [0.1, 0.15) is 38.2 Å². The molecule has 0 amide bonds. The van der Waals surface area contributed by atoms with Crippen LogP contribution >= 0.6 is 0 Å². The number of ether oxygens (including phenoxy) is 1.